The lowest BCUT2D eigenvalue weighted by atomic mass is 9.94. The number of phenolic OH excluding ortho intramolecular Hbond substituents is 1. The number of carbonyl (C=O) groups is 3. The number of hydrogen-bond donors (Lipinski definition) is 3. The van der Waals surface area contributed by atoms with Crippen LogP contribution in [0, 0.1) is 13.8 Å². The first-order valence-electron chi connectivity index (χ1n) is 16.4. The Hall–Kier alpha value is -4.53. The Morgan fingerprint density at radius 2 is 1.55 bits per heavy atom. The van der Waals surface area contributed by atoms with Crippen LogP contribution in [0.2, 0.25) is 0 Å². The van der Waals surface area contributed by atoms with Crippen molar-refractivity contribution in [2.45, 2.75) is 97.8 Å². The minimum Gasteiger partial charge on any atom is -0.508 e. The molecule has 9 nitrogen and oxygen atoms in total. The lowest BCUT2D eigenvalue weighted by Gasteiger charge is -2.35. The second-order valence-electron chi connectivity index (χ2n) is 12.9. The summed E-state index contributed by atoms with van der Waals surface area (Å²) in [6, 6.07) is 17.2. The van der Waals surface area contributed by atoms with E-state index in [-0.39, 0.29) is 18.1 Å². The molecule has 0 fully saturated rings. The highest BCUT2D eigenvalue weighted by Gasteiger charge is 2.37. The number of rotatable bonds is 15. The number of unbranched alkanes of at least 4 members (excludes halogenated alkanes) is 4. The summed E-state index contributed by atoms with van der Waals surface area (Å²) in [5.41, 5.74) is 3.11. The zero-order valence-electron chi connectivity index (χ0n) is 28.9. The maximum absolute atomic E-state index is 14.8. The standard InChI is InChI=1S/C38H51N3O6/c1-8-9-10-11-12-24-41(36(44)33(40-37(45)47-38(4,5)6)25-28-16-20-30(42)21-17-28)34(32-15-13-14-26(2)27(32)3)35(43)39-29-18-22-31(46-7)23-19-29/h13-23,33-34,42H,8-12,24-25H2,1-7H3,(H,39,43)(H,40,45). The van der Waals surface area contributed by atoms with E-state index in [1.807, 2.05) is 32.0 Å². The maximum Gasteiger partial charge on any atom is 0.408 e. The summed E-state index contributed by atoms with van der Waals surface area (Å²) in [7, 11) is 1.58. The third-order valence-corrected chi connectivity index (χ3v) is 8.01. The molecule has 0 aromatic heterocycles. The van der Waals surface area contributed by atoms with Gasteiger partial charge in [0.15, 0.2) is 0 Å². The summed E-state index contributed by atoms with van der Waals surface area (Å²) >= 11 is 0. The normalized spacial score (nSPS) is 12.5. The van der Waals surface area contributed by atoms with Gasteiger partial charge in [0, 0.05) is 18.7 Å². The van der Waals surface area contributed by atoms with Gasteiger partial charge < -0.3 is 30.1 Å². The number of methoxy groups -OCH3 is 1. The summed E-state index contributed by atoms with van der Waals surface area (Å²) in [5, 5.41) is 15.7. The molecule has 9 heteroatoms. The zero-order valence-corrected chi connectivity index (χ0v) is 28.9. The molecule has 3 amide bonds. The predicted octanol–water partition coefficient (Wildman–Crippen LogP) is 7.63. The first-order valence-corrected chi connectivity index (χ1v) is 16.4. The van der Waals surface area contributed by atoms with E-state index in [1.165, 1.54) is 12.1 Å². The van der Waals surface area contributed by atoms with Gasteiger partial charge in [-0.1, -0.05) is 62.9 Å². The van der Waals surface area contributed by atoms with E-state index in [4.69, 9.17) is 9.47 Å². The second-order valence-corrected chi connectivity index (χ2v) is 12.9. The quantitative estimate of drug-likeness (QED) is 0.146. The predicted molar refractivity (Wildman–Crippen MR) is 186 cm³/mol. The Kier molecular flexibility index (Phi) is 13.7. The van der Waals surface area contributed by atoms with Gasteiger partial charge in [-0.05, 0) is 99.7 Å². The number of phenols is 1. The molecular weight excluding hydrogens is 594 g/mol. The second kappa shape index (κ2) is 17.4. The molecule has 0 saturated heterocycles. The van der Waals surface area contributed by atoms with Crippen LogP contribution in [-0.4, -0.2) is 53.2 Å². The number of hydrogen-bond acceptors (Lipinski definition) is 6. The number of benzene rings is 3. The molecular formula is C38H51N3O6. The fraction of sp³-hybridized carbons (Fsp3) is 0.447. The van der Waals surface area contributed by atoms with E-state index in [2.05, 4.69) is 17.6 Å². The van der Waals surface area contributed by atoms with Gasteiger partial charge in [-0.25, -0.2) is 4.79 Å². The number of aromatic hydroxyl groups is 1. The van der Waals surface area contributed by atoms with E-state index < -0.39 is 29.7 Å². The third kappa shape index (κ3) is 11.3. The van der Waals surface area contributed by atoms with Crippen LogP contribution in [0.25, 0.3) is 0 Å². The van der Waals surface area contributed by atoms with Gasteiger partial charge in [-0.2, -0.15) is 0 Å². The van der Waals surface area contributed by atoms with Crippen LogP contribution in [0.1, 0.15) is 88.1 Å². The Balaban J connectivity index is 2.10. The molecule has 3 aromatic rings. The number of carbonyl (C=O) groups excluding carboxylic acids is 3. The van der Waals surface area contributed by atoms with Gasteiger partial charge in [0.25, 0.3) is 5.91 Å². The van der Waals surface area contributed by atoms with E-state index in [0.29, 0.717) is 30.0 Å². The van der Waals surface area contributed by atoms with Crippen LogP contribution in [-0.2, 0) is 20.7 Å². The van der Waals surface area contributed by atoms with Crippen LogP contribution in [0.4, 0.5) is 10.5 Å². The van der Waals surface area contributed by atoms with Gasteiger partial charge in [0.05, 0.1) is 7.11 Å². The van der Waals surface area contributed by atoms with Crippen molar-refractivity contribution in [1.29, 1.82) is 0 Å². The summed E-state index contributed by atoms with van der Waals surface area (Å²) in [6.07, 6.45) is 4.13. The number of aryl methyl sites for hydroxylation is 1. The van der Waals surface area contributed by atoms with Crippen LogP contribution >= 0.6 is 0 Å². The third-order valence-electron chi connectivity index (χ3n) is 8.01. The molecule has 3 rings (SSSR count). The van der Waals surface area contributed by atoms with E-state index in [0.717, 1.165) is 42.4 Å². The highest BCUT2D eigenvalue weighted by molar-refractivity contribution is 5.99. The Morgan fingerprint density at radius 1 is 0.894 bits per heavy atom. The van der Waals surface area contributed by atoms with Crippen molar-refractivity contribution in [3.05, 3.63) is 89.0 Å². The van der Waals surface area contributed by atoms with Gasteiger partial charge in [0.1, 0.15) is 29.2 Å². The van der Waals surface area contributed by atoms with Crippen LogP contribution in [0.3, 0.4) is 0 Å². The highest BCUT2D eigenvalue weighted by Crippen LogP contribution is 2.30. The number of nitrogens with one attached hydrogen (secondary N) is 2. The largest absolute Gasteiger partial charge is 0.508 e. The maximum atomic E-state index is 14.8. The molecule has 0 heterocycles. The molecule has 0 saturated carbocycles. The number of amides is 3. The topological polar surface area (TPSA) is 117 Å². The molecule has 0 aliphatic carbocycles. The smallest absolute Gasteiger partial charge is 0.408 e. The number of nitrogens with zero attached hydrogens (tertiary/aromatic N) is 1. The van der Waals surface area contributed by atoms with Gasteiger partial charge in [0.2, 0.25) is 5.91 Å². The molecule has 254 valence electrons. The monoisotopic (exact) mass is 645 g/mol. The van der Waals surface area contributed by atoms with Crippen LogP contribution < -0.4 is 15.4 Å². The van der Waals surface area contributed by atoms with Crippen molar-refractivity contribution in [3.63, 3.8) is 0 Å². The van der Waals surface area contributed by atoms with Gasteiger partial charge in [-0.15, -0.1) is 0 Å². The molecule has 3 aromatic carbocycles. The molecule has 2 atom stereocenters. The molecule has 0 radical (unpaired) electrons. The molecule has 0 aliphatic heterocycles. The first kappa shape index (κ1) is 36.9. The fourth-order valence-electron chi connectivity index (χ4n) is 5.38. The minimum absolute atomic E-state index is 0.0932. The fourth-order valence-corrected chi connectivity index (χ4v) is 5.38. The van der Waals surface area contributed by atoms with E-state index in [1.54, 1.807) is 69.2 Å². The molecule has 3 N–H and O–H groups in total. The minimum atomic E-state index is -1.05. The lowest BCUT2D eigenvalue weighted by molar-refractivity contribution is -0.140. The van der Waals surface area contributed by atoms with Crippen molar-refractivity contribution in [2.24, 2.45) is 0 Å². The van der Waals surface area contributed by atoms with E-state index >= 15 is 0 Å². The molecule has 47 heavy (non-hydrogen) atoms. The van der Waals surface area contributed by atoms with Crippen LogP contribution in [0.15, 0.2) is 66.7 Å². The summed E-state index contributed by atoms with van der Waals surface area (Å²) < 4.78 is 10.8. The van der Waals surface area contributed by atoms with Crippen LogP contribution in [0.5, 0.6) is 11.5 Å². The Labute approximate surface area is 279 Å². The zero-order chi connectivity index (χ0) is 34.6. The van der Waals surface area contributed by atoms with Crippen molar-refractivity contribution in [1.82, 2.24) is 10.2 Å². The first-order chi connectivity index (χ1) is 22.3. The van der Waals surface area contributed by atoms with E-state index in [9.17, 15) is 19.5 Å². The molecule has 0 spiro atoms. The van der Waals surface area contributed by atoms with Crippen molar-refractivity contribution < 1.29 is 29.0 Å². The molecule has 0 bridgehead atoms. The summed E-state index contributed by atoms with van der Waals surface area (Å²) in [5.74, 6) is -0.0273. The average Bonchev–Trinajstić information content (AvgIpc) is 3.02. The van der Waals surface area contributed by atoms with Crippen molar-refractivity contribution >= 4 is 23.6 Å². The summed E-state index contributed by atoms with van der Waals surface area (Å²) in [4.78, 5) is 43.9. The molecule has 2 unspecified atom stereocenters. The Morgan fingerprint density at radius 3 is 2.17 bits per heavy atom. The SMILES string of the molecule is CCCCCCCN(C(=O)C(Cc1ccc(O)cc1)NC(=O)OC(C)(C)C)C(C(=O)Nc1ccc(OC)cc1)c1cccc(C)c1C. The van der Waals surface area contributed by atoms with Crippen molar-refractivity contribution in [2.75, 3.05) is 19.0 Å². The molecule has 0 aliphatic rings. The number of anilines is 1. The van der Waals surface area contributed by atoms with Gasteiger partial charge >= 0.3 is 6.09 Å². The number of ether oxygens (including phenoxy) is 2. The lowest BCUT2D eigenvalue weighted by Crippen LogP contribution is -2.53. The highest BCUT2D eigenvalue weighted by atomic mass is 16.6. The van der Waals surface area contributed by atoms with Gasteiger partial charge in [-0.3, -0.25) is 9.59 Å². The average molecular weight is 646 g/mol. The number of alkyl carbamates (subject to hydrolysis) is 1. The van der Waals surface area contributed by atoms with Crippen molar-refractivity contribution in [3.8, 4) is 11.5 Å². The summed E-state index contributed by atoms with van der Waals surface area (Å²) in [6.45, 7) is 11.6. The Bertz CT molecular complexity index is 1460.